The van der Waals surface area contributed by atoms with Gasteiger partial charge in [0.2, 0.25) is 12.7 Å². The van der Waals surface area contributed by atoms with Crippen LogP contribution in [0.15, 0.2) is 18.2 Å². The lowest BCUT2D eigenvalue weighted by atomic mass is 9.76. The van der Waals surface area contributed by atoms with Gasteiger partial charge in [-0.1, -0.05) is 13.0 Å². The molecule has 2 saturated heterocycles. The zero-order chi connectivity index (χ0) is 20.3. The second-order valence-corrected chi connectivity index (χ2v) is 9.15. The van der Waals surface area contributed by atoms with Crippen molar-refractivity contribution in [2.24, 2.45) is 11.3 Å². The Balaban J connectivity index is 1.33. The molecule has 0 N–H and O–H groups in total. The molecule has 0 bridgehead atoms. The number of rotatable bonds is 6. The first kappa shape index (κ1) is 20.5. The third kappa shape index (κ3) is 4.86. The topological polar surface area (TPSA) is 51.2 Å². The average molecular weight is 403 g/mol. The summed E-state index contributed by atoms with van der Waals surface area (Å²) in [6.45, 7) is 8.12. The Kier molecular flexibility index (Phi) is 6.30. The number of likely N-dealkylation sites (tertiary alicyclic amines) is 2. The van der Waals surface area contributed by atoms with E-state index in [0.717, 1.165) is 82.9 Å². The molecule has 0 aromatic heterocycles. The minimum absolute atomic E-state index is 0.112. The van der Waals surface area contributed by atoms with Crippen molar-refractivity contribution in [3.05, 3.63) is 23.8 Å². The molecule has 3 aliphatic rings. The molecule has 1 atom stereocenters. The number of hydrogen-bond donors (Lipinski definition) is 0. The Labute approximate surface area is 174 Å². The summed E-state index contributed by atoms with van der Waals surface area (Å²) in [4.78, 5) is 17.8. The Morgan fingerprint density at radius 2 is 2.00 bits per heavy atom. The van der Waals surface area contributed by atoms with Crippen molar-refractivity contribution < 1.29 is 19.0 Å². The molecule has 0 saturated carbocycles. The molecule has 3 heterocycles. The molecule has 1 amide bonds. The van der Waals surface area contributed by atoms with E-state index in [4.69, 9.17) is 14.2 Å². The van der Waals surface area contributed by atoms with Gasteiger partial charge in [0.1, 0.15) is 0 Å². The smallest absolute Gasteiger partial charge is 0.231 e. The number of carbonyl (C=O) groups is 1. The number of carbonyl (C=O) groups excluding carboxylic acids is 1. The maximum absolute atomic E-state index is 13.2. The van der Waals surface area contributed by atoms with Crippen LogP contribution in [0, 0.1) is 11.3 Å². The fraction of sp³-hybridized carbons (Fsp3) is 0.696. The highest BCUT2D eigenvalue weighted by Crippen LogP contribution is 2.38. The Hall–Kier alpha value is -1.79. The van der Waals surface area contributed by atoms with Gasteiger partial charge in [0.25, 0.3) is 0 Å². The van der Waals surface area contributed by atoms with E-state index < -0.39 is 0 Å². The Morgan fingerprint density at radius 1 is 1.21 bits per heavy atom. The van der Waals surface area contributed by atoms with E-state index in [9.17, 15) is 4.79 Å². The SMILES string of the molecule is COCCN1CCC(C(=O)N2CCC[C@@](C)(Cc3ccc4c(c3)OCO4)C2)CC1. The van der Waals surface area contributed by atoms with Crippen molar-refractivity contribution in [2.75, 3.05) is 53.2 Å². The molecule has 0 radical (unpaired) electrons. The second kappa shape index (κ2) is 8.92. The molecule has 6 nitrogen and oxygen atoms in total. The number of methoxy groups -OCH3 is 1. The van der Waals surface area contributed by atoms with Crippen LogP contribution in [0.3, 0.4) is 0 Å². The Bertz CT molecular complexity index is 717. The normalized spacial score (nSPS) is 25.4. The second-order valence-electron chi connectivity index (χ2n) is 9.15. The zero-order valence-corrected chi connectivity index (χ0v) is 17.8. The third-order valence-electron chi connectivity index (χ3n) is 6.71. The van der Waals surface area contributed by atoms with E-state index in [2.05, 4.69) is 28.9 Å². The van der Waals surface area contributed by atoms with Crippen LogP contribution < -0.4 is 9.47 Å². The molecule has 3 aliphatic heterocycles. The first-order chi connectivity index (χ1) is 14.1. The number of amides is 1. The predicted molar refractivity (Wildman–Crippen MR) is 111 cm³/mol. The number of piperidine rings is 2. The molecule has 2 fully saturated rings. The van der Waals surface area contributed by atoms with Crippen molar-refractivity contribution in [2.45, 2.75) is 39.0 Å². The van der Waals surface area contributed by atoms with E-state index in [-0.39, 0.29) is 11.3 Å². The van der Waals surface area contributed by atoms with Gasteiger partial charge in [-0.05, 0) is 68.3 Å². The van der Waals surface area contributed by atoms with E-state index in [0.29, 0.717) is 12.7 Å². The fourth-order valence-corrected chi connectivity index (χ4v) is 5.07. The van der Waals surface area contributed by atoms with Gasteiger partial charge in [0.15, 0.2) is 11.5 Å². The first-order valence-corrected chi connectivity index (χ1v) is 10.9. The van der Waals surface area contributed by atoms with E-state index in [1.807, 2.05) is 6.07 Å². The van der Waals surface area contributed by atoms with Gasteiger partial charge >= 0.3 is 0 Å². The molecule has 6 heteroatoms. The summed E-state index contributed by atoms with van der Waals surface area (Å²) < 4.78 is 16.1. The van der Waals surface area contributed by atoms with Crippen molar-refractivity contribution in [3.63, 3.8) is 0 Å². The molecule has 4 rings (SSSR count). The lowest BCUT2D eigenvalue weighted by Gasteiger charge is -2.43. The predicted octanol–water partition coefficient (Wildman–Crippen LogP) is 2.94. The number of ether oxygens (including phenoxy) is 3. The number of hydrogen-bond acceptors (Lipinski definition) is 5. The van der Waals surface area contributed by atoms with E-state index in [1.54, 1.807) is 7.11 Å². The summed E-state index contributed by atoms with van der Waals surface area (Å²) in [6, 6.07) is 6.24. The van der Waals surface area contributed by atoms with Gasteiger partial charge in [-0.15, -0.1) is 0 Å². The summed E-state index contributed by atoms with van der Waals surface area (Å²) in [5.41, 5.74) is 1.37. The quantitative estimate of drug-likeness (QED) is 0.732. The molecule has 160 valence electrons. The maximum atomic E-state index is 13.2. The molecular weight excluding hydrogens is 368 g/mol. The number of nitrogens with zero attached hydrogens (tertiary/aromatic N) is 2. The van der Waals surface area contributed by atoms with Crippen LogP contribution in [0.5, 0.6) is 11.5 Å². The summed E-state index contributed by atoms with van der Waals surface area (Å²) in [5, 5.41) is 0. The molecule has 0 spiro atoms. The van der Waals surface area contributed by atoms with Gasteiger partial charge in [-0.2, -0.15) is 0 Å². The molecule has 0 unspecified atom stereocenters. The average Bonchev–Trinajstić information content (AvgIpc) is 3.19. The minimum atomic E-state index is 0.112. The highest BCUT2D eigenvalue weighted by atomic mass is 16.7. The highest BCUT2D eigenvalue weighted by molar-refractivity contribution is 5.79. The van der Waals surface area contributed by atoms with Crippen molar-refractivity contribution >= 4 is 5.91 Å². The Morgan fingerprint density at radius 3 is 2.79 bits per heavy atom. The highest BCUT2D eigenvalue weighted by Gasteiger charge is 2.36. The summed E-state index contributed by atoms with van der Waals surface area (Å²) in [7, 11) is 1.74. The van der Waals surface area contributed by atoms with Crippen LogP contribution >= 0.6 is 0 Å². The van der Waals surface area contributed by atoms with E-state index >= 15 is 0 Å². The van der Waals surface area contributed by atoms with Gasteiger partial charge in [0, 0.05) is 32.7 Å². The fourth-order valence-electron chi connectivity index (χ4n) is 5.07. The summed E-state index contributed by atoms with van der Waals surface area (Å²) in [6.07, 6.45) is 5.14. The standard InChI is InChI=1S/C23H34N2O4/c1-23(15-18-4-5-20-21(14-18)29-17-28-20)8-3-9-25(16-23)22(26)19-6-10-24(11-7-19)12-13-27-2/h4-5,14,19H,3,6-13,15-17H2,1-2H3/t23-/m0/s1. The first-order valence-electron chi connectivity index (χ1n) is 10.9. The van der Waals surface area contributed by atoms with Crippen LogP contribution in [0.25, 0.3) is 0 Å². The molecule has 1 aromatic rings. The number of fused-ring (bicyclic) bond motifs is 1. The number of benzene rings is 1. The summed E-state index contributed by atoms with van der Waals surface area (Å²) >= 11 is 0. The summed E-state index contributed by atoms with van der Waals surface area (Å²) in [5.74, 6) is 2.22. The molecular formula is C23H34N2O4. The van der Waals surface area contributed by atoms with Crippen molar-refractivity contribution in [3.8, 4) is 11.5 Å². The lowest BCUT2D eigenvalue weighted by Crippen LogP contribution is -2.49. The van der Waals surface area contributed by atoms with Crippen LogP contribution in [-0.4, -0.2) is 68.9 Å². The van der Waals surface area contributed by atoms with E-state index in [1.165, 1.54) is 5.56 Å². The monoisotopic (exact) mass is 402 g/mol. The lowest BCUT2D eigenvalue weighted by molar-refractivity contribution is -0.140. The van der Waals surface area contributed by atoms with Gasteiger partial charge in [-0.25, -0.2) is 0 Å². The van der Waals surface area contributed by atoms with Gasteiger partial charge < -0.3 is 24.0 Å². The molecule has 0 aliphatic carbocycles. The largest absolute Gasteiger partial charge is 0.454 e. The molecule has 29 heavy (non-hydrogen) atoms. The van der Waals surface area contributed by atoms with Crippen LogP contribution in [-0.2, 0) is 16.0 Å². The van der Waals surface area contributed by atoms with Crippen LogP contribution in [0.1, 0.15) is 38.2 Å². The maximum Gasteiger partial charge on any atom is 0.231 e. The molecule has 1 aromatic carbocycles. The third-order valence-corrected chi connectivity index (χ3v) is 6.71. The van der Waals surface area contributed by atoms with Crippen molar-refractivity contribution in [1.29, 1.82) is 0 Å². The van der Waals surface area contributed by atoms with Crippen molar-refractivity contribution in [1.82, 2.24) is 9.80 Å². The van der Waals surface area contributed by atoms with Crippen LogP contribution in [0.4, 0.5) is 0 Å². The van der Waals surface area contributed by atoms with Gasteiger partial charge in [0.05, 0.1) is 6.61 Å². The van der Waals surface area contributed by atoms with Crippen LogP contribution in [0.2, 0.25) is 0 Å². The van der Waals surface area contributed by atoms with Gasteiger partial charge in [-0.3, -0.25) is 4.79 Å². The minimum Gasteiger partial charge on any atom is -0.454 e. The zero-order valence-electron chi connectivity index (χ0n) is 17.8.